The van der Waals surface area contributed by atoms with Crippen LogP contribution in [0.2, 0.25) is 10.0 Å². The zero-order valence-electron chi connectivity index (χ0n) is 12.4. The highest BCUT2D eigenvalue weighted by molar-refractivity contribution is 6.35. The monoisotopic (exact) mass is 362 g/mol. The highest BCUT2D eigenvalue weighted by Crippen LogP contribution is 2.20. The van der Waals surface area contributed by atoms with E-state index in [1.165, 1.54) is 0 Å². The molecular formula is C16H12Cl2N4O2. The molecule has 0 aliphatic carbocycles. The second-order valence-electron chi connectivity index (χ2n) is 5.08. The van der Waals surface area contributed by atoms with Crippen molar-refractivity contribution >= 4 is 40.0 Å². The first kappa shape index (κ1) is 16.4. The summed E-state index contributed by atoms with van der Waals surface area (Å²) < 4.78 is 1.03. The molecule has 0 radical (unpaired) electrons. The van der Waals surface area contributed by atoms with Gasteiger partial charge in [-0.25, -0.2) is 4.68 Å². The summed E-state index contributed by atoms with van der Waals surface area (Å²) in [5, 5.41) is 11.8. The number of fused-ring (bicyclic) bond motifs is 1. The Labute approximate surface area is 147 Å². The number of amides is 1. The van der Waals surface area contributed by atoms with Crippen LogP contribution < -0.4 is 10.9 Å². The van der Waals surface area contributed by atoms with Gasteiger partial charge in [-0.3, -0.25) is 9.59 Å². The fraction of sp³-hybridized carbons (Fsp3) is 0.125. The van der Waals surface area contributed by atoms with Crippen LogP contribution in [0.15, 0.2) is 47.3 Å². The lowest BCUT2D eigenvalue weighted by Crippen LogP contribution is -2.34. The Balaban J connectivity index is 1.71. The molecule has 1 heterocycles. The third kappa shape index (κ3) is 3.55. The van der Waals surface area contributed by atoms with E-state index in [-0.39, 0.29) is 24.6 Å². The van der Waals surface area contributed by atoms with Crippen molar-refractivity contribution in [1.29, 1.82) is 0 Å². The van der Waals surface area contributed by atoms with Crippen molar-refractivity contribution in [3.8, 4) is 0 Å². The van der Waals surface area contributed by atoms with Crippen LogP contribution >= 0.6 is 23.2 Å². The van der Waals surface area contributed by atoms with Crippen LogP contribution in [0.25, 0.3) is 10.9 Å². The molecule has 3 rings (SSSR count). The van der Waals surface area contributed by atoms with E-state index in [1.807, 2.05) is 0 Å². The molecule has 1 aromatic heterocycles. The molecule has 6 nitrogen and oxygen atoms in total. The summed E-state index contributed by atoms with van der Waals surface area (Å²) in [5.74, 6) is -0.368. The van der Waals surface area contributed by atoms with Gasteiger partial charge in [0.25, 0.3) is 5.56 Å². The first-order valence-electron chi connectivity index (χ1n) is 7.08. The maximum absolute atomic E-state index is 12.3. The minimum absolute atomic E-state index is 0.220. The SMILES string of the molecule is O=C(Cn1nnc2ccccc2c1=O)NCc1ccc(Cl)cc1Cl. The molecule has 1 amide bonds. The smallest absolute Gasteiger partial charge is 0.278 e. The van der Waals surface area contributed by atoms with E-state index in [4.69, 9.17) is 23.2 Å². The largest absolute Gasteiger partial charge is 0.350 e. The van der Waals surface area contributed by atoms with E-state index in [9.17, 15) is 9.59 Å². The number of carbonyl (C=O) groups is 1. The van der Waals surface area contributed by atoms with Gasteiger partial charge in [0.05, 0.1) is 5.39 Å². The van der Waals surface area contributed by atoms with Crippen molar-refractivity contribution in [1.82, 2.24) is 20.3 Å². The highest BCUT2D eigenvalue weighted by Gasteiger charge is 2.10. The molecule has 0 bridgehead atoms. The van der Waals surface area contributed by atoms with E-state index in [0.717, 1.165) is 10.2 Å². The number of nitrogens with zero attached hydrogens (tertiary/aromatic N) is 3. The second kappa shape index (κ2) is 6.98. The first-order chi connectivity index (χ1) is 11.5. The molecule has 0 spiro atoms. The summed E-state index contributed by atoms with van der Waals surface area (Å²) in [6.45, 7) is 0.00642. The number of nitrogens with one attached hydrogen (secondary N) is 1. The first-order valence-corrected chi connectivity index (χ1v) is 7.83. The summed E-state index contributed by atoms with van der Waals surface area (Å²) in [7, 11) is 0. The number of halogens is 2. The standard InChI is InChI=1S/C16H12Cl2N4O2/c17-11-6-5-10(13(18)7-11)8-19-15(23)9-22-16(24)12-3-1-2-4-14(12)20-21-22/h1-7H,8-9H2,(H,19,23). The fourth-order valence-electron chi connectivity index (χ4n) is 2.18. The van der Waals surface area contributed by atoms with E-state index >= 15 is 0 Å². The van der Waals surface area contributed by atoms with E-state index in [1.54, 1.807) is 42.5 Å². The number of benzene rings is 2. The molecule has 3 aromatic rings. The Hall–Kier alpha value is -2.44. The molecule has 0 atom stereocenters. The lowest BCUT2D eigenvalue weighted by molar-refractivity contribution is -0.122. The van der Waals surface area contributed by atoms with Gasteiger partial charge in [0.1, 0.15) is 12.1 Å². The zero-order valence-corrected chi connectivity index (χ0v) is 13.9. The predicted octanol–water partition coefficient (Wildman–Crippen LogP) is 2.41. The molecule has 24 heavy (non-hydrogen) atoms. The summed E-state index contributed by atoms with van der Waals surface area (Å²) in [6, 6.07) is 11.9. The van der Waals surface area contributed by atoms with Crippen molar-refractivity contribution in [3.63, 3.8) is 0 Å². The minimum atomic E-state index is -0.368. The van der Waals surface area contributed by atoms with E-state index in [2.05, 4.69) is 15.6 Å². The third-order valence-electron chi connectivity index (χ3n) is 3.41. The van der Waals surface area contributed by atoms with Gasteiger partial charge in [0.15, 0.2) is 0 Å². The Morgan fingerprint density at radius 3 is 2.75 bits per heavy atom. The van der Waals surface area contributed by atoms with Gasteiger partial charge in [0, 0.05) is 16.6 Å². The Bertz CT molecular complexity index is 972. The van der Waals surface area contributed by atoms with Gasteiger partial charge in [-0.2, -0.15) is 0 Å². The number of carbonyl (C=O) groups excluding carboxylic acids is 1. The zero-order chi connectivity index (χ0) is 17.1. The molecule has 0 saturated heterocycles. The van der Waals surface area contributed by atoms with Crippen molar-refractivity contribution in [3.05, 3.63) is 68.4 Å². The van der Waals surface area contributed by atoms with Crippen molar-refractivity contribution in [2.24, 2.45) is 0 Å². The van der Waals surface area contributed by atoms with Gasteiger partial charge in [-0.1, -0.05) is 46.6 Å². The van der Waals surface area contributed by atoms with Crippen LogP contribution in [0.5, 0.6) is 0 Å². The third-order valence-corrected chi connectivity index (χ3v) is 4.00. The van der Waals surface area contributed by atoms with E-state index < -0.39 is 0 Å². The maximum atomic E-state index is 12.3. The highest BCUT2D eigenvalue weighted by atomic mass is 35.5. The summed E-state index contributed by atoms with van der Waals surface area (Å²) in [6.07, 6.45) is 0. The average Bonchev–Trinajstić information content (AvgIpc) is 2.57. The van der Waals surface area contributed by atoms with Crippen LogP contribution in [0.4, 0.5) is 0 Å². The van der Waals surface area contributed by atoms with Gasteiger partial charge >= 0.3 is 0 Å². The van der Waals surface area contributed by atoms with Crippen LogP contribution in [-0.4, -0.2) is 20.9 Å². The van der Waals surface area contributed by atoms with Crippen molar-refractivity contribution in [2.75, 3.05) is 0 Å². The predicted molar refractivity (Wildman–Crippen MR) is 92.1 cm³/mol. The van der Waals surface area contributed by atoms with Gasteiger partial charge in [0.2, 0.25) is 5.91 Å². The maximum Gasteiger partial charge on any atom is 0.278 e. The molecule has 0 aliphatic rings. The van der Waals surface area contributed by atoms with Gasteiger partial charge in [-0.05, 0) is 29.8 Å². The number of hydrogen-bond donors (Lipinski definition) is 1. The molecular weight excluding hydrogens is 351 g/mol. The second-order valence-corrected chi connectivity index (χ2v) is 5.93. The number of hydrogen-bond acceptors (Lipinski definition) is 4. The molecule has 0 aliphatic heterocycles. The summed E-state index contributed by atoms with van der Waals surface area (Å²) >= 11 is 11.9. The molecule has 0 saturated carbocycles. The summed E-state index contributed by atoms with van der Waals surface area (Å²) in [4.78, 5) is 24.3. The van der Waals surface area contributed by atoms with Crippen LogP contribution in [0, 0.1) is 0 Å². The summed E-state index contributed by atoms with van der Waals surface area (Å²) in [5.41, 5.74) is 0.860. The van der Waals surface area contributed by atoms with Crippen molar-refractivity contribution in [2.45, 2.75) is 13.1 Å². The van der Waals surface area contributed by atoms with Crippen LogP contribution in [-0.2, 0) is 17.9 Å². The molecule has 2 aromatic carbocycles. The number of rotatable bonds is 4. The number of aromatic nitrogens is 3. The fourth-order valence-corrected chi connectivity index (χ4v) is 2.65. The Kier molecular flexibility index (Phi) is 4.78. The topological polar surface area (TPSA) is 76.9 Å². The van der Waals surface area contributed by atoms with Crippen LogP contribution in [0.3, 0.4) is 0 Å². The van der Waals surface area contributed by atoms with Crippen LogP contribution in [0.1, 0.15) is 5.56 Å². The minimum Gasteiger partial charge on any atom is -0.350 e. The van der Waals surface area contributed by atoms with E-state index in [0.29, 0.717) is 20.9 Å². The van der Waals surface area contributed by atoms with Gasteiger partial charge in [-0.15, -0.1) is 5.10 Å². The molecule has 1 N–H and O–H groups in total. The van der Waals surface area contributed by atoms with Gasteiger partial charge < -0.3 is 5.32 Å². The lowest BCUT2D eigenvalue weighted by atomic mass is 10.2. The molecule has 0 unspecified atom stereocenters. The normalized spacial score (nSPS) is 10.8. The Morgan fingerprint density at radius 1 is 1.17 bits per heavy atom. The molecule has 8 heteroatoms. The quantitative estimate of drug-likeness (QED) is 0.772. The lowest BCUT2D eigenvalue weighted by Gasteiger charge is -2.08. The average molecular weight is 363 g/mol. The Morgan fingerprint density at radius 2 is 1.96 bits per heavy atom. The molecule has 0 fully saturated rings. The van der Waals surface area contributed by atoms with Crippen molar-refractivity contribution < 1.29 is 4.79 Å². The molecule has 122 valence electrons.